The van der Waals surface area contributed by atoms with Gasteiger partial charge in [0.1, 0.15) is 0 Å². The van der Waals surface area contributed by atoms with E-state index in [-0.39, 0.29) is 5.91 Å². The standard InChI is InChI=1S/C12H20ClNO/c13-5-1-2-12(15)14-8-11-7-9-3-4-10(11)6-9/h9-11H,1-8H2,(H,14,15)/t9-,10-,11-/m1/s1. The van der Waals surface area contributed by atoms with E-state index < -0.39 is 0 Å². The third kappa shape index (κ3) is 2.87. The van der Waals surface area contributed by atoms with Gasteiger partial charge in [-0.3, -0.25) is 4.79 Å². The molecule has 0 aromatic rings. The number of carbonyl (C=O) groups excluding carboxylic acids is 1. The molecule has 0 aromatic heterocycles. The zero-order valence-electron chi connectivity index (χ0n) is 9.18. The maximum Gasteiger partial charge on any atom is 0.220 e. The zero-order chi connectivity index (χ0) is 10.7. The summed E-state index contributed by atoms with van der Waals surface area (Å²) < 4.78 is 0. The van der Waals surface area contributed by atoms with Gasteiger partial charge >= 0.3 is 0 Å². The molecule has 1 amide bonds. The fourth-order valence-corrected chi connectivity index (χ4v) is 3.32. The molecule has 2 nitrogen and oxygen atoms in total. The Morgan fingerprint density at radius 1 is 1.33 bits per heavy atom. The Morgan fingerprint density at radius 2 is 2.20 bits per heavy atom. The summed E-state index contributed by atoms with van der Waals surface area (Å²) in [7, 11) is 0. The second-order valence-electron chi connectivity index (χ2n) is 5.03. The molecule has 0 saturated heterocycles. The second-order valence-corrected chi connectivity index (χ2v) is 5.41. The normalized spacial score (nSPS) is 33.3. The molecule has 0 aliphatic heterocycles. The monoisotopic (exact) mass is 229 g/mol. The van der Waals surface area contributed by atoms with Crippen molar-refractivity contribution in [3.63, 3.8) is 0 Å². The first-order chi connectivity index (χ1) is 7.29. The lowest BCUT2D eigenvalue weighted by Gasteiger charge is -2.21. The van der Waals surface area contributed by atoms with Gasteiger partial charge in [-0.25, -0.2) is 0 Å². The number of rotatable bonds is 5. The Bertz CT molecular complexity index is 232. The minimum atomic E-state index is 0.179. The van der Waals surface area contributed by atoms with Gasteiger partial charge in [-0.2, -0.15) is 0 Å². The molecular weight excluding hydrogens is 210 g/mol. The summed E-state index contributed by atoms with van der Waals surface area (Å²) >= 11 is 5.54. The average Bonchev–Trinajstić information content (AvgIpc) is 2.84. The molecule has 2 rings (SSSR count). The fourth-order valence-electron chi connectivity index (χ4n) is 3.19. The van der Waals surface area contributed by atoms with Crippen molar-refractivity contribution in [3.8, 4) is 0 Å². The van der Waals surface area contributed by atoms with Crippen molar-refractivity contribution in [1.82, 2.24) is 5.32 Å². The highest BCUT2D eigenvalue weighted by Crippen LogP contribution is 2.47. The van der Waals surface area contributed by atoms with Crippen molar-refractivity contribution in [3.05, 3.63) is 0 Å². The molecule has 0 unspecified atom stereocenters. The summed E-state index contributed by atoms with van der Waals surface area (Å²) in [6.45, 7) is 0.905. The predicted octanol–water partition coefficient (Wildman–Crippen LogP) is 2.56. The van der Waals surface area contributed by atoms with E-state index in [0.717, 1.165) is 30.7 Å². The highest BCUT2D eigenvalue weighted by molar-refractivity contribution is 6.17. The van der Waals surface area contributed by atoms with Crippen LogP contribution in [0.5, 0.6) is 0 Å². The van der Waals surface area contributed by atoms with Gasteiger partial charge in [0.25, 0.3) is 0 Å². The smallest absolute Gasteiger partial charge is 0.220 e. The van der Waals surface area contributed by atoms with Crippen LogP contribution in [0.15, 0.2) is 0 Å². The largest absolute Gasteiger partial charge is 0.356 e. The van der Waals surface area contributed by atoms with Crippen LogP contribution >= 0.6 is 11.6 Å². The van der Waals surface area contributed by atoms with E-state index >= 15 is 0 Å². The Labute approximate surface area is 96.8 Å². The van der Waals surface area contributed by atoms with Gasteiger partial charge in [0.15, 0.2) is 0 Å². The van der Waals surface area contributed by atoms with E-state index in [2.05, 4.69) is 5.32 Å². The lowest BCUT2D eigenvalue weighted by molar-refractivity contribution is -0.121. The Hall–Kier alpha value is -0.240. The van der Waals surface area contributed by atoms with Crippen LogP contribution in [0.3, 0.4) is 0 Å². The number of amides is 1. The number of fused-ring (bicyclic) bond motifs is 2. The SMILES string of the molecule is O=C(CCCCl)NC[C@H]1C[C@@H]2CC[C@@H]1C2. The summed E-state index contributed by atoms with van der Waals surface area (Å²) in [4.78, 5) is 11.4. The summed E-state index contributed by atoms with van der Waals surface area (Å²) in [5.74, 6) is 3.41. The molecule has 2 bridgehead atoms. The minimum Gasteiger partial charge on any atom is -0.356 e. The predicted molar refractivity (Wildman–Crippen MR) is 61.9 cm³/mol. The summed E-state index contributed by atoms with van der Waals surface area (Å²) in [6, 6.07) is 0. The maximum absolute atomic E-state index is 11.4. The molecule has 0 spiro atoms. The van der Waals surface area contributed by atoms with Gasteiger partial charge in [0.05, 0.1) is 0 Å². The van der Waals surface area contributed by atoms with E-state index in [1.54, 1.807) is 0 Å². The quantitative estimate of drug-likeness (QED) is 0.722. The van der Waals surface area contributed by atoms with Crippen molar-refractivity contribution in [1.29, 1.82) is 0 Å². The molecule has 2 aliphatic rings. The molecule has 15 heavy (non-hydrogen) atoms. The Kier molecular flexibility index (Phi) is 3.90. The van der Waals surface area contributed by atoms with Crippen LogP contribution in [-0.4, -0.2) is 18.3 Å². The number of halogens is 1. The molecular formula is C12H20ClNO. The molecule has 86 valence electrons. The van der Waals surface area contributed by atoms with Crippen LogP contribution in [0.4, 0.5) is 0 Å². The van der Waals surface area contributed by atoms with Gasteiger partial charge in [0.2, 0.25) is 5.91 Å². The van der Waals surface area contributed by atoms with Crippen LogP contribution in [0.25, 0.3) is 0 Å². The molecule has 0 radical (unpaired) electrons. The van der Waals surface area contributed by atoms with Gasteiger partial charge in [0, 0.05) is 18.8 Å². The van der Waals surface area contributed by atoms with Crippen LogP contribution in [0.2, 0.25) is 0 Å². The molecule has 3 atom stereocenters. The van der Waals surface area contributed by atoms with Crippen LogP contribution < -0.4 is 5.32 Å². The van der Waals surface area contributed by atoms with Crippen molar-refractivity contribution in [2.75, 3.05) is 12.4 Å². The third-order valence-electron chi connectivity index (χ3n) is 3.98. The molecule has 1 N–H and O–H groups in total. The Morgan fingerprint density at radius 3 is 2.80 bits per heavy atom. The van der Waals surface area contributed by atoms with Crippen LogP contribution in [0, 0.1) is 17.8 Å². The minimum absolute atomic E-state index is 0.179. The molecule has 0 heterocycles. The van der Waals surface area contributed by atoms with E-state index in [4.69, 9.17) is 11.6 Å². The van der Waals surface area contributed by atoms with Crippen molar-refractivity contribution in [2.24, 2.45) is 17.8 Å². The van der Waals surface area contributed by atoms with E-state index in [9.17, 15) is 4.79 Å². The topological polar surface area (TPSA) is 29.1 Å². The summed E-state index contributed by atoms with van der Waals surface area (Å²) in [6.07, 6.45) is 6.98. The highest BCUT2D eigenvalue weighted by atomic mass is 35.5. The molecule has 2 fully saturated rings. The summed E-state index contributed by atoms with van der Waals surface area (Å²) in [5.41, 5.74) is 0. The fraction of sp³-hybridized carbons (Fsp3) is 0.917. The second kappa shape index (κ2) is 5.20. The van der Waals surface area contributed by atoms with Gasteiger partial charge < -0.3 is 5.32 Å². The molecule has 2 saturated carbocycles. The molecule has 3 heteroatoms. The average molecular weight is 230 g/mol. The van der Waals surface area contributed by atoms with Crippen LogP contribution in [0.1, 0.15) is 38.5 Å². The number of nitrogens with one attached hydrogen (secondary N) is 1. The van der Waals surface area contributed by atoms with Gasteiger partial charge in [-0.1, -0.05) is 6.42 Å². The van der Waals surface area contributed by atoms with E-state index in [0.29, 0.717) is 12.3 Å². The van der Waals surface area contributed by atoms with E-state index in [1.807, 2.05) is 0 Å². The Balaban J connectivity index is 1.64. The molecule has 2 aliphatic carbocycles. The van der Waals surface area contributed by atoms with E-state index in [1.165, 1.54) is 25.7 Å². The first kappa shape index (κ1) is 11.3. The lowest BCUT2D eigenvalue weighted by atomic mass is 9.89. The van der Waals surface area contributed by atoms with Gasteiger partial charge in [-0.05, 0) is 43.4 Å². The summed E-state index contributed by atoms with van der Waals surface area (Å²) in [5, 5.41) is 3.05. The molecule has 0 aromatic carbocycles. The van der Waals surface area contributed by atoms with Crippen molar-refractivity contribution >= 4 is 17.5 Å². The number of hydrogen-bond acceptors (Lipinski definition) is 1. The first-order valence-electron chi connectivity index (χ1n) is 6.12. The van der Waals surface area contributed by atoms with Gasteiger partial charge in [-0.15, -0.1) is 11.6 Å². The number of alkyl halides is 1. The number of carbonyl (C=O) groups is 1. The number of hydrogen-bond donors (Lipinski definition) is 1. The zero-order valence-corrected chi connectivity index (χ0v) is 9.93. The maximum atomic E-state index is 11.4. The van der Waals surface area contributed by atoms with Crippen molar-refractivity contribution in [2.45, 2.75) is 38.5 Å². The third-order valence-corrected chi connectivity index (χ3v) is 4.25. The lowest BCUT2D eigenvalue weighted by Crippen LogP contribution is -2.31. The first-order valence-corrected chi connectivity index (χ1v) is 6.65. The highest BCUT2D eigenvalue weighted by Gasteiger charge is 2.39. The van der Waals surface area contributed by atoms with Crippen LogP contribution in [-0.2, 0) is 4.79 Å². The van der Waals surface area contributed by atoms with Crippen molar-refractivity contribution < 1.29 is 4.79 Å².